The topological polar surface area (TPSA) is 71.5 Å². The Kier molecular flexibility index (Phi) is 2.87. The molecule has 1 aromatic carbocycles. The van der Waals surface area contributed by atoms with Gasteiger partial charge in [0.2, 0.25) is 0 Å². The Bertz CT molecular complexity index is 519. The van der Waals surface area contributed by atoms with Crippen molar-refractivity contribution in [3.63, 3.8) is 0 Å². The molecule has 2 aromatic rings. The molecular formula is C11H11N3OS. The van der Waals surface area contributed by atoms with Crippen molar-refractivity contribution in [1.29, 1.82) is 0 Å². The van der Waals surface area contributed by atoms with E-state index in [2.05, 4.69) is 10.1 Å². The highest BCUT2D eigenvalue weighted by atomic mass is 32.1. The van der Waals surface area contributed by atoms with Crippen molar-refractivity contribution in [3.8, 4) is 0 Å². The third-order valence-corrected chi connectivity index (χ3v) is 3.17. The second-order valence-electron chi connectivity index (χ2n) is 3.28. The van der Waals surface area contributed by atoms with Crippen LogP contribution in [0.3, 0.4) is 0 Å². The maximum absolute atomic E-state index is 9.09. The fourth-order valence-corrected chi connectivity index (χ4v) is 2.31. The lowest BCUT2D eigenvalue weighted by atomic mass is 10.1. The summed E-state index contributed by atoms with van der Waals surface area (Å²) < 4.78 is 0. The van der Waals surface area contributed by atoms with Crippen molar-refractivity contribution in [3.05, 3.63) is 46.5 Å². The van der Waals surface area contributed by atoms with Gasteiger partial charge in [0.25, 0.3) is 0 Å². The summed E-state index contributed by atoms with van der Waals surface area (Å²) in [6, 6.07) is 9.45. The molecule has 0 aliphatic heterocycles. The third kappa shape index (κ3) is 1.90. The second kappa shape index (κ2) is 4.32. The van der Waals surface area contributed by atoms with Gasteiger partial charge in [0.05, 0.1) is 10.6 Å². The number of anilines is 1. The highest BCUT2D eigenvalue weighted by Gasteiger charge is 2.14. The number of hydrogen-bond acceptors (Lipinski definition) is 5. The van der Waals surface area contributed by atoms with E-state index < -0.39 is 0 Å². The van der Waals surface area contributed by atoms with Crippen molar-refractivity contribution in [2.45, 2.75) is 6.92 Å². The molecule has 1 heterocycles. The molecule has 0 spiro atoms. The van der Waals surface area contributed by atoms with Crippen LogP contribution in [0.2, 0.25) is 0 Å². The number of hydrogen-bond donors (Lipinski definition) is 2. The van der Waals surface area contributed by atoms with E-state index in [1.54, 1.807) is 0 Å². The highest BCUT2D eigenvalue weighted by Crippen LogP contribution is 2.23. The van der Waals surface area contributed by atoms with E-state index in [1.165, 1.54) is 11.3 Å². The minimum Gasteiger partial charge on any atom is -0.410 e. The first kappa shape index (κ1) is 10.6. The summed E-state index contributed by atoms with van der Waals surface area (Å²) >= 11 is 1.32. The summed E-state index contributed by atoms with van der Waals surface area (Å²) in [5.74, 6) is 0. The summed E-state index contributed by atoms with van der Waals surface area (Å²) in [6.07, 6.45) is 0. The normalized spacial score (nSPS) is 11.7. The molecule has 0 aliphatic carbocycles. The lowest BCUT2D eigenvalue weighted by Crippen LogP contribution is -2.02. The van der Waals surface area contributed by atoms with Crippen LogP contribution in [0.5, 0.6) is 0 Å². The second-order valence-corrected chi connectivity index (χ2v) is 4.31. The molecule has 5 heteroatoms. The largest absolute Gasteiger partial charge is 0.410 e. The van der Waals surface area contributed by atoms with Crippen LogP contribution in [0.15, 0.2) is 35.5 Å². The van der Waals surface area contributed by atoms with Gasteiger partial charge in [-0.3, -0.25) is 0 Å². The Balaban J connectivity index is 2.50. The molecule has 0 unspecified atom stereocenters. The molecule has 4 nitrogen and oxygen atoms in total. The van der Waals surface area contributed by atoms with Crippen molar-refractivity contribution in [2.75, 3.05) is 5.73 Å². The number of nitrogen functional groups attached to an aromatic ring is 1. The van der Waals surface area contributed by atoms with Crippen molar-refractivity contribution < 1.29 is 5.21 Å². The third-order valence-electron chi connectivity index (χ3n) is 2.18. The average molecular weight is 233 g/mol. The number of thiazole rings is 1. The number of nitrogens with zero attached hydrogens (tertiary/aromatic N) is 2. The first-order valence-corrected chi connectivity index (χ1v) is 5.54. The van der Waals surface area contributed by atoms with Crippen LogP contribution >= 0.6 is 11.3 Å². The van der Waals surface area contributed by atoms with Gasteiger partial charge in [-0.25, -0.2) is 4.98 Å². The fraction of sp³-hybridized carbons (Fsp3) is 0.0909. The monoisotopic (exact) mass is 233 g/mol. The van der Waals surface area contributed by atoms with Gasteiger partial charge in [0, 0.05) is 5.56 Å². The van der Waals surface area contributed by atoms with Gasteiger partial charge in [-0.15, -0.1) is 0 Å². The Morgan fingerprint density at radius 2 is 2.06 bits per heavy atom. The van der Waals surface area contributed by atoms with Crippen molar-refractivity contribution in [1.82, 2.24) is 4.98 Å². The molecule has 0 bridgehead atoms. The quantitative estimate of drug-likeness (QED) is 0.475. The molecule has 0 saturated carbocycles. The van der Waals surface area contributed by atoms with Gasteiger partial charge < -0.3 is 10.9 Å². The van der Waals surface area contributed by atoms with Crippen LogP contribution in [-0.4, -0.2) is 15.9 Å². The number of aryl methyl sites for hydroxylation is 1. The highest BCUT2D eigenvalue weighted by molar-refractivity contribution is 7.17. The van der Waals surface area contributed by atoms with Gasteiger partial charge >= 0.3 is 0 Å². The van der Waals surface area contributed by atoms with E-state index in [0.717, 1.165) is 16.1 Å². The molecule has 0 saturated heterocycles. The Hall–Kier alpha value is -1.88. The summed E-state index contributed by atoms with van der Waals surface area (Å²) in [5.41, 5.74) is 7.75. The van der Waals surface area contributed by atoms with E-state index in [4.69, 9.17) is 10.9 Å². The van der Waals surface area contributed by atoms with Crippen LogP contribution in [-0.2, 0) is 0 Å². The van der Waals surface area contributed by atoms with E-state index >= 15 is 0 Å². The molecule has 1 aromatic heterocycles. The number of aromatic nitrogens is 1. The molecule has 3 N–H and O–H groups in total. The van der Waals surface area contributed by atoms with Crippen LogP contribution in [0.4, 0.5) is 5.13 Å². The predicted molar refractivity (Wildman–Crippen MR) is 65.1 cm³/mol. The molecule has 0 fully saturated rings. The predicted octanol–water partition coefficient (Wildman–Crippen LogP) is 2.26. The SMILES string of the molecule is Cc1nc(N)sc1/C(=N\O)c1ccccc1. The Morgan fingerprint density at radius 1 is 1.38 bits per heavy atom. The van der Waals surface area contributed by atoms with Gasteiger partial charge in [-0.1, -0.05) is 46.8 Å². The summed E-state index contributed by atoms with van der Waals surface area (Å²) in [4.78, 5) is 4.91. The molecule has 82 valence electrons. The smallest absolute Gasteiger partial charge is 0.180 e. The molecule has 16 heavy (non-hydrogen) atoms. The zero-order valence-corrected chi connectivity index (χ0v) is 9.53. The van der Waals surface area contributed by atoms with E-state index in [0.29, 0.717) is 10.8 Å². The Labute approximate surface area is 97.1 Å². The van der Waals surface area contributed by atoms with Crippen LogP contribution in [0, 0.1) is 6.92 Å². The van der Waals surface area contributed by atoms with Crippen LogP contribution < -0.4 is 5.73 Å². The number of nitrogens with two attached hydrogens (primary N) is 1. The molecule has 0 atom stereocenters. The van der Waals surface area contributed by atoms with Crippen molar-refractivity contribution >= 4 is 22.2 Å². The van der Waals surface area contributed by atoms with Gasteiger partial charge in [0.1, 0.15) is 5.71 Å². The van der Waals surface area contributed by atoms with E-state index in [9.17, 15) is 0 Å². The maximum atomic E-state index is 9.09. The van der Waals surface area contributed by atoms with Gasteiger partial charge in [-0.05, 0) is 6.92 Å². The van der Waals surface area contributed by atoms with Crippen LogP contribution in [0.1, 0.15) is 16.1 Å². The van der Waals surface area contributed by atoms with Gasteiger partial charge in [0.15, 0.2) is 5.13 Å². The van der Waals surface area contributed by atoms with Gasteiger partial charge in [-0.2, -0.15) is 0 Å². The summed E-state index contributed by atoms with van der Waals surface area (Å²) in [6.45, 7) is 1.84. The Morgan fingerprint density at radius 3 is 2.56 bits per heavy atom. The number of oxime groups is 1. The number of rotatable bonds is 2. The molecule has 2 rings (SSSR count). The lowest BCUT2D eigenvalue weighted by Gasteiger charge is -2.01. The summed E-state index contributed by atoms with van der Waals surface area (Å²) in [5, 5.41) is 12.9. The lowest BCUT2D eigenvalue weighted by molar-refractivity contribution is 0.319. The fourth-order valence-electron chi connectivity index (χ4n) is 1.47. The average Bonchev–Trinajstić information content (AvgIpc) is 2.61. The minimum absolute atomic E-state index is 0.476. The van der Waals surface area contributed by atoms with E-state index in [-0.39, 0.29) is 0 Å². The molecule has 0 amide bonds. The standard InChI is InChI=1S/C11H11N3OS/c1-7-10(16-11(12)13-7)9(14-15)8-5-3-2-4-6-8/h2-6,15H,1H3,(H2,12,13)/b14-9-. The maximum Gasteiger partial charge on any atom is 0.180 e. The minimum atomic E-state index is 0.476. The number of benzene rings is 1. The van der Waals surface area contributed by atoms with Crippen LogP contribution in [0.25, 0.3) is 0 Å². The zero-order valence-electron chi connectivity index (χ0n) is 8.71. The first-order chi connectivity index (χ1) is 7.72. The molecule has 0 aliphatic rings. The van der Waals surface area contributed by atoms with E-state index in [1.807, 2.05) is 37.3 Å². The molecule has 0 radical (unpaired) electrons. The van der Waals surface area contributed by atoms with Crippen molar-refractivity contribution in [2.24, 2.45) is 5.16 Å². The first-order valence-electron chi connectivity index (χ1n) is 4.73. The summed E-state index contributed by atoms with van der Waals surface area (Å²) in [7, 11) is 0. The zero-order chi connectivity index (χ0) is 11.5. The molecular weight excluding hydrogens is 222 g/mol.